The van der Waals surface area contributed by atoms with Gasteiger partial charge in [0.15, 0.2) is 0 Å². The third kappa shape index (κ3) is 2.83. The topological polar surface area (TPSA) is 55.6 Å². The van der Waals surface area contributed by atoms with Crippen molar-refractivity contribution in [3.8, 4) is 5.75 Å². The maximum absolute atomic E-state index is 12.6. The molecule has 1 aliphatic rings. The molecule has 0 atom stereocenters. The number of carbonyl (C=O) groups excluding carboxylic acids is 1. The lowest BCUT2D eigenvalue weighted by atomic mass is 9.85. The van der Waals surface area contributed by atoms with Crippen LogP contribution in [-0.2, 0) is 0 Å². The first-order valence-electron chi connectivity index (χ1n) is 6.89. The van der Waals surface area contributed by atoms with Crippen molar-refractivity contribution >= 4 is 11.6 Å². The molecule has 4 nitrogen and oxygen atoms in total. The van der Waals surface area contributed by atoms with E-state index in [1.165, 1.54) is 19.3 Å². The summed E-state index contributed by atoms with van der Waals surface area (Å²) >= 11 is 0. The number of nitrogens with zero attached hydrogens (tertiary/aromatic N) is 1. The van der Waals surface area contributed by atoms with Crippen LogP contribution in [0.2, 0.25) is 0 Å². The molecule has 0 aromatic heterocycles. The van der Waals surface area contributed by atoms with Crippen molar-refractivity contribution < 1.29 is 9.53 Å². The Bertz CT molecular complexity index is 455. The Morgan fingerprint density at radius 2 is 2.21 bits per heavy atom. The lowest BCUT2D eigenvalue weighted by molar-refractivity contribution is 0.0704. The molecule has 1 aromatic carbocycles. The molecule has 0 radical (unpaired) electrons. The average Bonchev–Trinajstić information content (AvgIpc) is 2.36. The summed E-state index contributed by atoms with van der Waals surface area (Å²) in [6.07, 6.45) is 3.74. The Kier molecular flexibility index (Phi) is 4.30. The molecule has 0 aliphatic heterocycles. The van der Waals surface area contributed by atoms with Crippen LogP contribution in [0.15, 0.2) is 18.2 Å². The molecule has 0 heterocycles. The summed E-state index contributed by atoms with van der Waals surface area (Å²) in [6, 6.07) is 5.32. The van der Waals surface area contributed by atoms with Crippen LogP contribution in [0, 0.1) is 5.92 Å². The van der Waals surface area contributed by atoms with Gasteiger partial charge in [0, 0.05) is 18.8 Å². The fourth-order valence-corrected chi connectivity index (χ4v) is 2.45. The summed E-state index contributed by atoms with van der Waals surface area (Å²) in [4.78, 5) is 14.5. The van der Waals surface area contributed by atoms with Crippen LogP contribution in [0.3, 0.4) is 0 Å². The van der Waals surface area contributed by atoms with Gasteiger partial charge in [0.1, 0.15) is 11.3 Å². The van der Waals surface area contributed by atoms with Crippen molar-refractivity contribution in [1.82, 2.24) is 4.90 Å². The van der Waals surface area contributed by atoms with Crippen molar-refractivity contribution in [3.05, 3.63) is 23.8 Å². The monoisotopic (exact) mass is 262 g/mol. The average molecular weight is 262 g/mol. The number of benzene rings is 1. The van der Waals surface area contributed by atoms with Gasteiger partial charge in [-0.15, -0.1) is 0 Å². The summed E-state index contributed by atoms with van der Waals surface area (Å²) in [6.45, 7) is 3.53. The van der Waals surface area contributed by atoms with Gasteiger partial charge in [-0.25, -0.2) is 0 Å². The van der Waals surface area contributed by atoms with Crippen molar-refractivity contribution in [2.75, 3.05) is 25.9 Å². The first-order valence-corrected chi connectivity index (χ1v) is 6.89. The van der Waals surface area contributed by atoms with Gasteiger partial charge in [-0.2, -0.15) is 0 Å². The van der Waals surface area contributed by atoms with Gasteiger partial charge >= 0.3 is 0 Å². The second kappa shape index (κ2) is 5.95. The fourth-order valence-electron chi connectivity index (χ4n) is 2.45. The van der Waals surface area contributed by atoms with E-state index in [9.17, 15) is 4.79 Å². The van der Waals surface area contributed by atoms with Crippen LogP contribution in [0.25, 0.3) is 0 Å². The summed E-state index contributed by atoms with van der Waals surface area (Å²) < 4.78 is 5.26. The van der Waals surface area contributed by atoms with Crippen LogP contribution in [0.1, 0.15) is 36.5 Å². The summed E-state index contributed by atoms with van der Waals surface area (Å²) in [7, 11) is 1.56. The van der Waals surface area contributed by atoms with Gasteiger partial charge in [-0.05, 0) is 37.8 Å². The molecule has 2 rings (SSSR count). The van der Waals surface area contributed by atoms with Crippen LogP contribution >= 0.6 is 0 Å². The largest absolute Gasteiger partial charge is 0.496 e. The standard InChI is InChI=1S/C15H22N2O2/c1-3-17(10-11-6-4-7-11)15(18)14-12(16)8-5-9-13(14)19-2/h5,8-9,11H,3-4,6-7,10,16H2,1-2H3. The van der Waals surface area contributed by atoms with E-state index in [1.54, 1.807) is 25.3 Å². The van der Waals surface area contributed by atoms with E-state index < -0.39 is 0 Å². The molecule has 19 heavy (non-hydrogen) atoms. The van der Waals surface area contributed by atoms with Gasteiger partial charge in [0.05, 0.1) is 7.11 Å². The predicted molar refractivity (Wildman–Crippen MR) is 76.3 cm³/mol. The molecule has 1 aliphatic carbocycles. The van der Waals surface area contributed by atoms with Crippen LogP contribution < -0.4 is 10.5 Å². The third-order valence-electron chi connectivity index (χ3n) is 3.86. The van der Waals surface area contributed by atoms with Crippen molar-refractivity contribution in [1.29, 1.82) is 0 Å². The van der Waals surface area contributed by atoms with E-state index in [0.29, 0.717) is 29.5 Å². The van der Waals surface area contributed by atoms with E-state index in [1.807, 2.05) is 11.8 Å². The quantitative estimate of drug-likeness (QED) is 0.830. The molecule has 1 aromatic rings. The highest BCUT2D eigenvalue weighted by Crippen LogP contribution is 2.30. The Labute approximate surface area is 114 Å². The zero-order valence-electron chi connectivity index (χ0n) is 11.7. The molecule has 1 saturated carbocycles. The van der Waals surface area contributed by atoms with Crippen molar-refractivity contribution in [2.24, 2.45) is 5.92 Å². The molecule has 4 heteroatoms. The highest BCUT2D eigenvalue weighted by Gasteiger charge is 2.26. The first kappa shape index (κ1) is 13.7. The Balaban J connectivity index is 2.20. The number of rotatable bonds is 5. The molecule has 0 spiro atoms. The number of methoxy groups -OCH3 is 1. The van der Waals surface area contributed by atoms with E-state index in [4.69, 9.17) is 10.5 Å². The smallest absolute Gasteiger partial charge is 0.259 e. The second-order valence-corrected chi connectivity index (χ2v) is 5.07. The van der Waals surface area contributed by atoms with E-state index >= 15 is 0 Å². The number of amides is 1. The zero-order chi connectivity index (χ0) is 13.8. The highest BCUT2D eigenvalue weighted by atomic mass is 16.5. The fraction of sp³-hybridized carbons (Fsp3) is 0.533. The number of nitrogen functional groups attached to an aromatic ring is 1. The Hall–Kier alpha value is -1.71. The lowest BCUT2D eigenvalue weighted by Gasteiger charge is -2.32. The zero-order valence-corrected chi connectivity index (χ0v) is 11.7. The van der Waals surface area contributed by atoms with Crippen molar-refractivity contribution in [3.63, 3.8) is 0 Å². The number of ether oxygens (including phenoxy) is 1. The molecular weight excluding hydrogens is 240 g/mol. The minimum Gasteiger partial charge on any atom is -0.496 e. The van der Waals surface area contributed by atoms with E-state index in [0.717, 1.165) is 6.54 Å². The minimum atomic E-state index is -0.0237. The number of nitrogens with two attached hydrogens (primary N) is 1. The maximum Gasteiger partial charge on any atom is 0.259 e. The molecule has 0 saturated heterocycles. The summed E-state index contributed by atoms with van der Waals surface area (Å²) in [5.74, 6) is 1.18. The minimum absolute atomic E-state index is 0.0237. The molecule has 104 valence electrons. The van der Waals surface area contributed by atoms with Crippen LogP contribution in [0.4, 0.5) is 5.69 Å². The van der Waals surface area contributed by atoms with Gasteiger partial charge in [0.2, 0.25) is 0 Å². The summed E-state index contributed by atoms with van der Waals surface area (Å²) in [5, 5.41) is 0. The molecule has 0 bridgehead atoms. The van der Waals surface area contributed by atoms with Gasteiger partial charge < -0.3 is 15.4 Å². The highest BCUT2D eigenvalue weighted by molar-refractivity contribution is 6.01. The molecule has 0 unspecified atom stereocenters. The van der Waals surface area contributed by atoms with Crippen molar-refractivity contribution in [2.45, 2.75) is 26.2 Å². The Morgan fingerprint density at radius 1 is 1.47 bits per heavy atom. The van der Waals surface area contributed by atoms with Gasteiger partial charge in [-0.1, -0.05) is 12.5 Å². The normalized spacial score (nSPS) is 14.8. The summed E-state index contributed by atoms with van der Waals surface area (Å²) in [5.41, 5.74) is 6.91. The lowest BCUT2D eigenvalue weighted by Crippen LogP contribution is -2.37. The number of carbonyl (C=O) groups is 1. The molecular formula is C15H22N2O2. The predicted octanol–water partition coefficient (Wildman–Crippen LogP) is 2.54. The Morgan fingerprint density at radius 3 is 2.74 bits per heavy atom. The molecule has 1 amide bonds. The van der Waals surface area contributed by atoms with Crippen LogP contribution in [-0.4, -0.2) is 31.0 Å². The second-order valence-electron chi connectivity index (χ2n) is 5.07. The third-order valence-corrected chi connectivity index (χ3v) is 3.86. The first-order chi connectivity index (χ1) is 9.17. The SMILES string of the molecule is CCN(CC1CCC1)C(=O)c1c(N)cccc1OC. The number of hydrogen-bond donors (Lipinski definition) is 1. The van der Waals surface area contributed by atoms with Crippen LogP contribution in [0.5, 0.6) is 5.75 Å². The van der Waals surface area contributed by atoms with E-state index in [2.05, 4.69) is 0 Å². The molecule has 2 N–H and O–H groups in total. The number of anilines is 1. The number of hydrogen-bond acceptors (Lipinski definition) is 3. The molecule has 1 fully saturated rings. The van der Waals surface area contributed by atoms with Gasteiger partial charge in [-0.3, -0.25) is 4.79 Å². The maximum atomic E-state index is 12.6. The van der Waals surface area contributed by atoms with Gasteiger partial charge in [0.25, 0.3) is 5.91 Å². The van der Waals surface area contributed by atoms with E-state index in [-0.39, 0.29) is 5.91 Å².